The van der Waals surface area contributed by atoms with Crippen LogP contribution in [0.2, 0.25) is 0 Å². The molecule has 0 amide bonds. The van der Waals surface area contributed by atoms with E-state index in [9.17, 15) is 8.78 Å². The number of hydrogen-bond acceptors (Lipinski definition) is 1. The predicted octanol–water partition coefficient (Wildman–Crippen LogP) is 3.35. The number of alkyl halides is 2. The van der Waals surface area contributed by atoms with Gasteiger partial charge in [-0.2, -0.15) is 0 Å². The lowest BCUT2D eigenvalue weighted by molar-refractivity contribution is 0.138. The summed E-state index contributed by atoms with van der Waals surface area (Å²) in [6.07, 6.45) is 0.556. The third-order valence-corrected chi connectivity index (χ3v) is 3.41. The molecular formula is C14H19F2N. The lowest BCUT2D eigenvalue weighted by Gasteiger charge is -2.23. The molecule has 1 saturated heterocycles. The molecule has 2 rings (SSSR count). The number of piperidine rings is 1. The van der Waals surface area contributed by atoms with Crippen molar-refractivity contribution in [3.8, 4) is 0 Å². The Morgan fingerprint density at radius 1 is 1.24 bits per heavy atom. The van der Waals surface area contributed by atoms with Crippen molar-refractivity contribution in [2.24, 2.45) is 0 Å². The maximum atomic E-state index is 12.2. The van der Waals surface area contributed by atoms with E-state index in [0.29, 0.717) is 12.3 Å². The van der Waals surface area contributed by atoms with Gasteiger partial charge in [-0.1, -0.05) is 24.3 Å². The van der Waals surface area contributed by atoms with Crippen molar-refractivity contribution < 1.29 is 8.78 Å². The van der Waals surface area contributed by atoms with Gasteiger partial charge in [-0.25, -0.2) is 8.78 Å². The summed E-state index contributed by atoms with van der Waals surface area (Å²) in [7, 11) is 0. The Balaban J connectivity index is 2.00. The number of rotatable bonds is 4. The molecule has 1 aromatic rings. The van der Waals surface area contributed by atoms with Crippen LogP contribution in [0.15, 0.2) is 24.3 Å². The first-order valence-electron chi connectivity index (χ1n) is 6.33. The Bertz CT molecular complexity index is 346. The zero-order valence-electron chi connectivity index (χ0n) is 9.96. The van der Waals surface area contributed by atoms with Gasteiger partial charge in [-0.05, 0) is 49.4 Å². The van der Waals surface area contributed by atoms with Gasteiger partial charge in [0.2, 0.25) is 6.43 Å². The van der Waals surface area contributed by atoms with E-state index in [-0.39, 0.29) is 6.42 Å². The van der Waals surface area contributed by atoms with Crippen molar-refractivity contribution in [1.29, 1.82) is 0 Å². The van der Waals surface area contributed by atoms with E-state index in [1.807, 2.05) is 12.1 Å². The maximum absolute atomic E-state index is 12.2. The van der Waals surface area contributed by atoms with Crippen LogP contribution in [0.3, 0.4) is 0 Å². The van der Waals surface area contributed by atoms with E-state index in [2.05, 4.69) is 17.4 Å². The van der Waals surface area contributed by atoms with Gasteiger partial charge in [0.15, 0.2) is 0 Å². The van der Waals surface area contributed by atoms with E-state index < -0.39 is 6.43 Å². The molecular weight excluding hydrogens is 220 g/mol. The molecule has 0 atom stereocenters. The van der Waals surface area contributed by atoms with Crippen LogP contribution in [0.25, 0.3) is 0 Å². The minimum absolute atomic E-state index is 0.0321. The Kier molecular flexibility index (Phi) is 4.49. The van der Waals surface area contributed by atoms with Crippen molar-refractivity contribution in [2.45, 2.75) is 38.0 Å². The highest BCUT2D eigenvalue weighted by Gasteiger charge is 2.15. The zero-order chi connectivity index (χ0) is 12.1. The van der Waals surface area contributed by atoms with E-state index in [1.165, 1.54) is 5.56 Å². The summed E-state index contributed by atoms with van der Waals surface area (Å²) in [6.45, 7) is 2.12. The van der Waals surface area contributed by atoms with Crippen LogP contribution in [0.1, 0.15) is 36.3 Å². The molecule has 0 unspecified atom stereocenters. The van der Waals surface area contributed by atoms with Crippen LogP contribution in [0, 0.1) is 0 Å². The summed E-state index contributed by atoms with van der Waals surface area (Å²) in [6, 6.07) is 8.19. The first-order valence-corrected chi connectivity index (χ1v) is 6.33. The van der Waals surface area contributed by atoms with Crippen LogP contribution in [-0.2, 0) is 6.42 Å². The van der Waals surface area contributed by atoms with Gasteiger partial charge >= 0.3 is 0 Å². The summed E-state index contributed by atoms with van der Waals surface area (Å²) in [5.41, 5.74) is 2.36. The molecule has 0 saturated carbocycles. The van der Waals surface area contributed by atoms with Gasteiger partial charge in [-0.3, -0.25) is 0 Å². The number of nitrogens with one attached hydrogen (secondary N) is 1. The molecule has 1 aliphatic heterocycles. The SMILES string of the molecule is FC(F)CCc1cccc(C2CCNCC2)c1. The van der Waals surface area contributed by atoms with E-state index in [4.69, 9.17) is 0 Å². The lowest BCUT2D eigenvalue weighted by Crippen LogP contribution is -2.26. The molecule has 0 bridgehead atoms. The molecule has 0 spiro atoms. The zero-order valence-corrected chi connectivity index (χ0v) is 9.96. The van der Waals surface area contributed by atoms with Crippen molar-refractivity contribution in [1.82, 2.24) is 5.32 Å². The number of hydrogen-bond donors (Lipinski definition) is 1. The molecule has 1 fully saturated rings. The fourth-order valence-corrected chi connectivity index (χ4v) is 2.43. The normalized spacial score (nSPS) is 17.6. The van der Waals surface area contributed by atoms with Gasteiger partial charge in [0.05, 0.1) is 0 Å². The molecule has 1 aromatic carbocycles. The van der Waals surface area contributed by atoms with E-state index in [0.717, 1.165) is 31.5 Å². The van der Waals surface area contributed by atoms with E-state index in [1.54, 1.807) is 0 Å². The minimum atomic E-state index is -2.20. The fraction of sp³-hybridized carbons (Fsp3) is 0.571. The highest BCUT2D eigenvalue weighted by molar-refractivity contribution is 5.27. The number of halogens is 2. The monoisotopic (exact) mass is 239 g/mol. The van der Waals surface area contributed by atoms with Crippen molar-refractivity contribution in [2.75, 3.05) is 13.1 Å². The first kappa shape index (κ1) is 12.5. The third kappa shape index (κ3) is 3.77. The van der Waals surface area contributed by atoms with Crippen LogP contribution in [-0.4, -0.2) is 19.5 Å². The smallest absolute Gasteiger partial charge is 0.239 e. The summed E-state index contributed by atoms with van der Waals surface area (Å²) in [5.74, 6) is 0.600. The molecule has 0 aromatic heterocycles. The second kappa shape index (κ2) is 6.10. The molecule has 1 aliphatic rings. The molecule has 17 heavy (non-hydrogen) atoms. The molecule has 0 radical (unpaired) electrons. The van der Waals surface area contributed by atoms with Crippen molar-refractivity contribution in [3.05, 3.63) is 35.4 Å². The van der Waals surface area contributed by atoms with Crippen molar-refractivity contribution in [3.63, 3.8) is 0 Å². The molecule has 1 nitrogen and oxygen atoms in total. The second-order valence-electron chi connectivity index (χ2n) is 4.70. The third-order valence-electron chi connectivity index (χ3n) is 3.41. The summed E-state index contributed by atoms with van der Waals surface area (Å²) >= 11 is 0. The molecule has 0 aliphatic carbocycles. The maximum Gasteiger partial charge on any atom is 0.239 e. The Morgan fingerprint density at radius 2 is 2.00 bits per heavy atom. The molecule has 3 heteroatoms. The molecule has 94 valence electrons. The number of benzene rings is 1. The van der Waals surface area contributed by atoms with E-state index >= 15 is 0 Å². The Hall–Kier alpha value is -0.960. The largest absolute Gasteiger partial charge is 0.317 e. The second-order valence-corrected chi connectivity index (χ2v) is 4.70. The summed E-state index contributed by atoms with van der Waals surface area (Å²) < 4.78 is 24.3. The van der Waals surface area contributed by atoms with Crippen molar-refractivity contribution >= 4 is 0 Å². The van der Waals surface area contributed by atoms with Crippen LogP contribution < -0.4 is 5.32 Å². The first-order chi connectivity index (χ1) is 8.25. The van der Waals surface area contributed by atoms with Gasteiger partial charge < -0.3 is 5.32 Å². The van der Waals surface area contributed by atoms with Gasteiger partial charge in [0.25, 0.3) is 0 Å². The topological polar surface area (TPSA) is 12.0 Å². The van der Waals surface area contributed by atoms with Crippen LogP contribution in [0.5, 0.6) is 0 Å². The Labute approximate surface area is 101 Å². The van der Waals surface area contributed by atoms with Gasteiger partial charge in [0, 0.05) is 6.42 Å². The average molecular weight is 239 g/mol. The van der Waals surface area contributed by atoms with Crippen LogP contribution >= 0.6 is 0 Å². The molecule has 1 N–H and O–H groups in total. The average Bonchev–Trinajstić information content (AvgIpc) is 2.38. The summed E-state index contributed by atoms with van der Waals surface area (Å²) in [5, 5.41) is 3.34. The predicted molar refractivity (Wildman–Crippen MR) is 65.6 cm³/mol. The van der Waals surface area contributed by atoms with Crippen LogP contribution in [0.4, 0.5) is 8.78 Å². The van der Waals surface area contributed by atoms with Gasteiger partial charge in [0.1, 0.15) is 0 Å². The summed E-state index contributed by atoms with van der Waals surface area (Å²) in [4.78, 5) is 0. The van der Waals surface area contributed by atoms with Gasteiger partial charge in [-0.15, -0.1) is 0 Å². The fourth-order valence-electron chi connectivity index (χ4n) is 2.43. The standard InChI is InChI=1S/C14H19F2N/c15-14(16)5-4-11-2-1-3-13(10-11)12-6-8-17-9-7-12/h1-3,10,12,14,17H,4-9H2. The minimum Gasteiger partial charge on any atom is -0.317 e. The quantitative estimate of drug-likeness (QED) is 0.849. The Morgan fingerprint density at radius 3 is 2.71 bits per heavy atom. The highest BCUT2D eigenvalue weighted by Crippen LogP contribution is 2.26. The number of aryl methyl sites for hydroxylation is 1. The highest BCUT2D eigenvalue weighted by atomic mass is 19.3. The molecule has 1 heterocycles. The lowest BCUT2D eigenvalue weighted by atomic mass is 9.89.